The van der Waals surface area contributed by atoms with Crippen LogP contribution in [0.5, 0.6) is 0 Å². The number of carboxylic acid groups (broad SMARTS) is 1. The Bertz CT molecular complexity index is 292. The zero-order valence-corrected chi connectivity index (χ0v) is 8.17. The van der Waals surface area contributed by atoms with E-state index in [4.69, 9.17) is 5.11 Å². The second-order valence-corrected chi connectivity index (χ2v) is 5.30. The van der Waals surface area contributed by atoms with E-state index in [0.717, 1.165) is 12.8 Å². The first-order valence-electron chi connectivity index (χ1n) is 4.11. The quantitative estimate of drug-likeness (QED) is 0.668. The zero-order chi connectivity index (χ0) is 10.1. The molecule has 0 unspecified atom stereocenters. The average molecular weight is 207 g/mol. The van der Waals surface area contributed by atoms with E-state index in [1.54, 1.807) is 0 Å². The van der Waals surface area contributed by atoms with E-state index in [-0.39, 0.29) is 6.04 Å². The minimum absolute atomic E-state index is 0.0562. The van der Waals surface area contributed by atoms with Crippen molar-refractivity contribution in [2.45, 2.75) is 25.8 Å². The number of carbonyl (C=O) groups is 1. The molecule has 1 aliphatic rings. The van der Waals surface area contributed by atoms with Crippen LogP contribution in [0.25, 0.3) is 0 Å². The molecule has 0 aromatic carbocycles. The molecule has 0 radical (unpaired) electrons. The molecule has 13 heavy (non-hydrogen) atoms. The van der Waals surface area contributed by atoms with Gasteiger partial charge < -0.3 is 5.11 Å². The van der Waals surface area contributed by atoms with Crippen LogP contribution in [0, 0.1) is 5.92 Å². The van der Waals surface area contributed by atoms with Gasteiger partial charge in [0, 0.05) is 6.04 Å². The van der Waals surface area contributed by atoms with Crippen molar-refractivity contribution in [3.05, 3.63) is 0 Å². The molecular weight excluding hydrogens is 194 g/mol. The van der Waals surface area contributed by atoms with Gasteiger partial charge in [0.05, 0.1) is 0 Å². The van der Waals surface area contributed by atoms with E-state index in [2.05, 4.69) is 4.72 Å². The van der Waals surface area contributed by atoms with Crippen LogP contribution in [0.2, 0.25) is 0 Å². The van der Waals surface area contributed by atoms with Crippen molar-refractivity contribution < 1.29 is 18.3 Å². The maximum atomic E-state index is 11.1. The van der Waals surface area contributed by atoms with Crippen molar-refractivity contribution in [1.82, 2.24) is 4.72 Å². The fourth-order valence-electron chi connectivity index (χ4n) is 1.46. The summed E-state index contributed by atoms with van der Waals surface area (Å²) in [7, 11) is -3.61. The van der Waals surface area contributed by atoms with Gasteiger partial charge in [-0.15, -0.1) is 0 Å². The summed E-state index contributed by atoms with van der Waals surface area (Å²) < 4.78 is 24.5. The highest BCUT2D eigenvalue weighted by atomic mass is 32.2. The van der Waals surface area contributed by atoms with Crippen molar-refractivity contribution in [1.29, 1.82) is 0 Å². The first-order chi connectivity index (χ1) is 5.89. The number of carboxylic acids is 1. The highest BCUT2D eigenvalue weighted by Crippen LogP contribution is 2.26. The first-order valence-corrected chi connectivity index (χ1v) is 5.76. The van der Waals surface area contributed by atoms with Gasteiger partial charge in [-0.25, -0.2) is 13.1 Å². The molecule has 2 N–H and O–H groups in total. The van der Waals surface area contributed by atoms with Gasteiger partial charge in [-0.1, -0.05) is 6.92 Å². The fourth-order valence-corrected chi connectivity index (χ4v) is 2.57. The number of hydrogen-bond donors (Lipinski definition) is 2. The van der Waals surface area contributed by atoms with Crippen molar-refractivity contribution >= 4 is 16.0 Å². The third-order valence-electron chi connectivity index (χ3n) is 2.03. The number of sulfonamides is 1. The summed E-state index contributed by atoms with van der Waals surface area (Å²) in [5, 5.41) is 8.29. The average Bonchev–Trinajstić information content (AvgIpc) is 1.79. The normalized spacial score (nSPS) is 28.1. The summed E-state index contributed by atoms with van der Waals surface area (Å²) in [6.07, 6.45) is 1.61. The molecule has 0 atom stereocenters. The highest BCUT2D eigenvalue weighted by molar-refractivity contribution is 7.90. The van der Waals surface area contributed by atoms with Gasteiger partial charge in [-0.3, -0.25) is 4.79 Å². The van der Waals surface area contributed by atoms with Crippen LogP contribution >= 0.6 is 0 Å². The molecule has 0 bridgehead atoms. The standard InChI is InChI=1S/C7H13NO4S/c1-5-2-6(3-5)8-13(11,12)4-7(9)10/h5-6,8H,2-4H2,1H3,(H,9,10). The predicted molar refractivity (Wildman–Crippen MR) is 46.7 cm³/mol. The molecule has 0 saturated heterocycles. The molecular formula is C7H13NO4S. The second kappa shape index (κ2) is 3.63. The molecule has 0 aromatic rings. The third-order valence-corrected chi connectivity index (χ3v) is 3.35. The summed E-state index contributed by atoms with van der Waals surface area (Å²) in [5.74, 6) is -1.62. The van der Waals surface area contributed by atoms with E-state index in [9.17, 15) is 13.2 Å². The Kier molecular flexibility index (Phi) is 2.92. The van der Waals surface area contributed by atoms with Gasteiger partial charge in [-0.05, 0) is 18.8 Å². The van der Waals surface area contributed by atoms with E-state index in [1.807, 2.05) is 6.92 Å². The van der Waals surface area contributed by atoms with Gasteiger partial charge in [0.25, 0.3) is 0 Å². The summed E-state index contributed by atoms with van der Waals surface area (Å²) in [5.41, 5.74) is 0. The van der Waals surface area contributed by atoms with E-state index < -0.39 is 21.7 Å². The molecule has 1 saturated carbocycles. The number of hydrogen-bond acceptors (Lipinski definition) is 3. The number of rotatable bonds is 4. The fraction of sp³-hybridized carbons (Fsp3) is 0.857. The Morgan fingerprint density at radius 1 is 1.54 bits per heavy atom. The van der Waals surface area contributed by atoms with Crippen molar-refractivity contribution in [3.8, 4) is 0 Å². The molecule has 1 aliphatic carbocycles. The third kappa shape index (κ3) is 3.31. The van der Waals surface area contributed by atoms with Crippen LogP contribution in [0.1, 0.15) is 19.8 Å². The molecule has 6 heteroatoms. The lowest BCUT2D eigenvalue weighted by molar-refractivity contribution is -0.134. The largest absolute Gasteiger partial charge is 0.480 e. The molecule has 5 nitrogen and oxygen atoms in total. The Morgan fingerprint density at radius 2 is 2.08 bits per heavy atom. The summed E-state index contributed by atoms with van der Waals surface area (Å²) in [6.45, 7) is 2.03. The SMILES string of the molecule is CC1CC(NS(=O)(=O)CC(=O)O)C1. The second-order valence-electron chi connectivity index (χ2n) is 3.54. The minimum atomic E-state index is -3.61. The van der Waals surface area contributed by atoms with Crippen LogP contribution in [0.15, 0.2) is 0 Å². The molecule has 76 valence electrons. The van der Waals surface area contributed by atoms with Crippen LogP contribution in [0.3, 0.4) is 0 Å². The van der Waals surface area contributed by atoms with Crippen LogP contribution in [0.4, 0.5) is 0 Å². The summed E-state index contributed by atoms with van der Waals surface area (Å²) >= 11 is 0. The number of aliphatic carboxylic acids is 1. The van der Waals surface area contributed by atoms with Gasteiger partial charge in [0.1, 0.15) is 0 Å². The topological polar surface area (TPSA) is 83.5 Å². The maximum absolute atomic E-state index is 11.1. The van der Waals surface area contributed by atoms with E-state index >= 15 is 0 Å². The van der Waals surface area contributed by atoms with Gasteiger partial charge in [-0.2, -0.15) is 0 Å². The van der Waals surface area contributed by atoms with Crippen LogP contribution in [-0.2, 0) is 14.8 Å². The Morgan fingerprint density at radius 3 is 2.46 bits per heavy atom. The Labute approximate surface area is 77.2 Å². The lowest BCUT2D eigenvalue weighted by Gasteiger charge is -2.32. The number of nitrogens with one attached hydrogen (secondary N) is 1. The summed E-state index contributed by atoms with van der Waals surface area (Å²) in [4.78, 5) is 10.1. The lowest BCUT2D eigenvalue weighted by Crippen LogP contribution is -2.45. The molecule has 1 rings (SSSR count). The molecule has 0 aromatic heterocycles. The van der Waals surface area contributed by atoms with Gasteiger partial charge >= 0.3 is 5.97 Å². The van der Waals surface area contributed by atoms with E-state index in [0.29, 0.717) is 5.92 Å². The van der Waals surface area contributed by atoms with Gasteiger partial charge in [0.15, 0.2) is 5.75 Å². The molecule has 1 fully saturated rings. The van der Waals surface area contributed by atoms with E-state index in [1.165, 1.54) is 0 Å². The van der Waals surface area contributed by atoms with Crippen LogP contribution < -0.4 is 4.72 Å². The molecule has 0 heterocycles. The van der Waals surface area contributed by atoms with Crippen molar-refractivity contribution in [3.63, 3.8) is 0 Å². The molecule has 0 aliphatic heterocycles. The Balaban J connectivity index is 2.39. The van der Waals surface area contributed by atoms with Gasteiger partial charge in [0.2, 0.25) is 10.0 Å². The van der Waals surface area contributed by atoms with Crippen molar-refractivity contribution in [2.24, 2.45) is 5.92 Å². The van der Waals surface area contributed by atoms with Crippen molar-refractivity contribution in [2.75, 3.05) is 5.75 Å². The lowest BCUT2D eigenvalue weighted by atomic mass is 9.83. The summed E-state index contributed by atoms with van der Waals surface area (Å²) in [6, 6.07) is -0.0562. The Hall–Kier alpha value is -0.620. The minimum Gasteiger partial charge on any atom is -0.480 e. The molecule has 0 spiro atoms. The maximum Gasteiger partial charge on any atom is 0.320 e. The monoisotopic (exact) mass is 207 g/mol. The smallest absolute Gasteiger partial charge is 0.320 e. The highest BCUT2D eigenvalue weighted by Gasteiger charge is 2.29. The van der Waals surface area contributed by atoms with Crippen LogP contribution in [-0.4, -0.2) is 31.3 Å². The predicted octanol–water partition coefficient (Wildman–Crippen LogP) is -0.211. The zero-order valence-electron chi connectivity index (χ0n) is 7.36. The first kappa shape index (κ1) is 10.5. The molecule has 0 amide bonds.